The number of thioether (sulfide) groups is 1. The number of hydrogen-bond acceptors (Lipinski definition) is 2. The molecular weight excluding hydrogens is 214 g/mol. The monoisotopic (exact) mass is 227 g/mol. The fourth-order valence-electron chi connectivity index (χ4n) is 1.85. The molecule has 0 amide bonds. The second-order valence-electron chi connectivity index (χ2n) is 3.71. The standard InChI is InChI=1S/C11H14ClNS/c12-10-1-2-11-9(6-10)5-8(3-4-13)7-14-11/h1-2,6,8H,3-5,7,13H2. The molecule has 2 rings (SSSR count). The van der Waals surface area contributed by atoms with Crippen molar-refractivity contribution >= 4 is 23.4 Å². The molecule has 0 spiro atoms. The van der Waals surface area contributed by atoms with Crippen molar-refractivity contribution in [1.29, 1.82) is 0 Å². The third-order valence-corrected chi connectivity index (χ3v) is 4.16. The maximum absolute atomic E-state index is 5.97. The second-order valence-corrected chi connectivity index (χ2v) is 5.21. The summed E-state index contributed by atoms with van der Waals surface area (Å²) in [5.41, 5.74) is 6.97. The fourth-order valence-corrected chi connectivity index (χ4v) is 3.23. The van der Waals surface area contributed by atoms with E-state index in [1.807, 2.05) is 17.8 Å². The Hall–Kier alpha value is -0.180. The molecule has 14 heavy (non-hydrogen) atoms. The van der Waals surface area contributed by atoms with Crippen LogP contribution in [0.5, 0.6) is 0 Å². The van der Waals surface area contributed by atoms with Gasteiger partial charge in [0.1, 0.15) is 0 Å². The van der Waals surface area contributed by atoms with Gasteiger partial charge in [-0.25, -0.2) is 0 Å². The van der Waals surface area contributed by atoms with Crippen LogP contribution < -0.4 is 5.73 Å². The van der Waals surface area contributed by atoms with E-state index >= 15 is 0 Å². The highest BCUT2D eigenvalue weighted by atomic mass is 35.5. The van der Waals surface area contributed by atoms with E-state index in [1.165, 1.54) is 16.2 Å². The summed E-state index contributed by atoms with van der Waals surface area (Å²) in [5, 5.41) is 0.845. The maximum atomic E-state index is 5.97. The van der Waals surface area contributed by atoms with Crippen molar-refractivity contribution in [3.8, 4) is 0 Å². The lowest BCUT2D eigenvalue weighted by Gasteiger charge is -2.23. The molecule has 0 aromatic heterocycles. The van der Waals surface area contributed by atoms with Crippen LogP contribution in [0, 0.1) is 5.92 Å². The Kier molecular flexibility index (Phi) is 3.37. The van der Waals surface area contributed by atoms with Gasteiger partial charge in [-0.2, -0.15) is 0 Å². The second kappa shape index (κ2) is 4.56. The van der Waals surface area contributed by atoms with E-state index in [4.69, 9.17) is 17.3 Å². The predicted molar refractivity (Wildman–Crippen MR) is 63.0 cm³/mol. The molecule has 0 saturated heterocycles. The minimum atomic E-state index is 0.732. The Morgan fingerprint density at radius 2 is 2.36 bits per heavy atom. The Balaban J connectivity index is 2.16. The van der Waals surface area contributed by atoms with Gasteiger partial charge in [-0.15, -0.1) is 11.8 Å². The molecule has 0 fully saturated rings. The number of benzene rings is 1. The lowest BCUT2D eigenvalue weighted by Crippen LogP contribution is -2.17. The van der Waals surface area contributed by atoms with Gasteiger partial charge in [-0.3, -0.25) is 0 Å². The third-order valence-electron chi connectivity index (χ3n) is 2.58. The molecule has 3 heteroatoms. The van der Waals surface area contributed by atoms with E-state index in [0.717, 1.165) is 30.3 Å². The van der Waals surface area contributed by atoms with E-state index in [0.29, 0.717) is 0 Å². The summed E-state index contributed by atoms with van der Waals surface area (Å²) in [6, 6.07) is 6.18. The van der Waals surface area contributed by atoms with Crippen LogP contribution in [-0.2, 0) is 6.42 Å². The highest BCUT2D eigenvalue weighted by molar-refractivity contribution is 7.99. The summed E-state index contributed by atoms with van der Waals surface area (Å²) in [6.07, 6.45) is 2.26. The number of halogens is 1. The van der Waals surface area contributed by atoms with Gasteiger partial charge < -0.3 is 5.73 Å². The zero-order valence-corrected chi connectivity index (χ0v) is 9.57. The van der Waals surface area contributed by atoms with Gasteiger partial charge in [0.15, 0.2) is 0 Å². The van der Waals surface area contributed by atoms with Gasteiger partial charge >= 0.3 is 0 Å². The third kappa shape index (κ3) is 2.25. The molecule has 1 aromatic carbocycles. The first kappa shape index (κ1) is 10.3. The molecule has 0 bridgehead atoms. The van der Waals surface area contributed by atoms with Crippen LogP contribution >= 0.6 is 23.4 Å². The molecule has 1 aliphatic rings. The maximum Gasteiger partial charge on any atom is 0.0409 e. The predicted octanol–water partition coefficient (Wildman–Crippen LogP) is 2.95. The summed E-state index contributed by atoms with van der Waals surface area (Å²) in [4.78, 5) is 1.39. The van der Waals surface area contributed by atoms with Crippen LogP contribution in [-0.4, -0.2) is 12.3 Å². The summed E-state index contributed by atoms with van der Waals surface area (Å²) in [5.74, 6) is 1.93. The molecule has 0 saturated carbocycles. The van der Waals surface area contributed by atoms with Crippen molar-refractivity contribution in [1.82, 2.24) is 0 Å². The molecule has 0 radical (unpaired) electrons. The van der Waals surface area contributed by atoms with Crippen molar-refractivity contribution < 1.29 is 0 Å². The minimum Gasteiger partial charge on any atom is -0.330 e. The van der Waals surface area contributed by atoms with Crippen LogP contribution in [0.2, 0.25) is 5.02 Å². The molecular formula is C11H14ClNS. The van der Waals surface area contributed by atoms with E-state index in [9.17, 15) is 0 Å². The van der Waals surface area contributed by atoms with Crippen LogP contribution in [0.4, 0.5) is 0 Å². The molecule has 76 valence electrons. The zero-order chi connectivity index (χ0) is 9.97. The van der Waals surface area contributed by atoms with Gasteiger partial charge in [0.25, 0.3) is 0 Å². The lowest BCUT2D eigenvalue weighted by molar-refractivity contribution is 0.537. The van der Waals surface area contributed by atoms with Crippen LogP contribution in [0.3, 0.4) is 0 Å². The van der Waals surface area contributed by atoms with Crippen LogP contribution in [0.25, 0.3) is 0 Å². The molecule has 1 aliphatic heterocycles. The van der Waals surface area contributed by atoms with Gasteiger partial charge in [0.2, 0.25) is 0 Å². The SMILES string of the molecule is NCCC1CSc2ccc(Cl)cc2C1. The number of hydrogen-bond donors (Lipinski definition) is 1. The van der Waals surface area contributed by atoms with E-state index in [2.05, 4.69) is 12.1 Å². The van der Waals surface area contributed by atoms with Crippen LogP contribution in [0.1, 0.15) is 12.0 Å². The average molecular weight is 228 g/mol. The van der Waals surface area contributed by atoms with E-state index in [1.54, 1.807) is 0 Å². The molecule has 2 N–H and O–H groups in total. The topological polar surface area (TPSA) is 26.0 Å². The van der Waals surface area contributed by atoms with Gasteiger partial charge in [-0.05, 0) is 49.1 Å². The first-order chi connectivity index (χ1) is 6.79. The van der Waals surface area contributed by atoms with E-state index in [-0.39, 0.29) is 0 Å². The molecule has 1 unspecified atom stereocenters. The Labute approximate surface area is 94.0 Å². The molecule has 1 heterocycles. The van der Waals surface area contributed by atoms with Crippen molar-refractivity contribution in [3.05, 3.63) is 28.8 Å². The normalized spacial score (nSPS) is 20.6. The quantitative estimate of drug-likeness (QED) is 0.841. The Bertz CT molecular complexity index is 327. The highest BCUT2D eigenvalue weighted by Crippen LogP contribution is 2.35. The smallest absolute Gasteiger partial charge is 0.0409 e. The van der Waals surface area contributed by atoms with E-state index < -0.39 is 0 Å². The zero-order valence-electron chi connectivity index (χ0n) is 8.00. The van der Waals surface area contributed by atoms with Crippen LogP contribution in [0.15, 0.2) is 23.1 Å². The van der Waals surface area contributed by atoms with Gasteiger partial charge in [0.05, 0.1) is 0 Å². The minimum absolute atomic E-state index is 0.732. The first-order valence-electron chi connectivity index (χ1n) is 4.91. The first-order valence-corrected chi connectivity index (χ1v) is 6.27. The fraction of sp³-hybridized carbons (Fsp3) is 0.455. The van der Waals surface area contributed by atoms with Crippen molar-refractivity contribution in [2.45, 2.75) is 17.7 Å². The Morgan fingerprint density at radius 3 is 3.14 bits per heavy atom. The number of nitrogens with two attached hydrogens (primary N) is 1. The lowest BCUT2D eigenvalue weighted by atomic mass is 9.97. The molecule has 1 aromatic rings. The molecule has 0 aliphatic carbocycles. The Morgan fingerprint density at radius 1 is 1.50 bits per heavy atom. The number of fused-ring (bicyclic) bond motifs is 1. The number of rotatable bonds is 2. The largest absolute Gasteiger partial charge is 0.330 e. The van der Waals surface area contributed by atoms with Gasteiger partial charge in [-0.1, -0.05) is 11.6 Å². The van der Waals surface area contributed by atoms with Crippen molar-refractivity contribution in [3.63, 3.8) is 0 Å². The van der Waals surface area contributed by atoms with Crippen molar-refractivity contribution in [2.75, 3.05) is 12.3 Å². The molecule has 1 nitrogen and oxygen atoms in total. The van der Waals surface area contributed by atoms with Crippen molar-refractivity contribution in [2.24, 2.45) is 11.7 Å². The summed E-state index contributed by atoms with van der Waals surface area (Å²) < 4.78 is 0. The summed E-state index contributed by atoms with van der Waals surface area (Å²) in [6.45, 7) is 0.793. The summed E-state index contributed by atoms with van der Waals surface area (Å²) in [7, 11) is 0. The molecule has 1 atom stereocenters. The summed E-state index contributed by atoms with van der Waals surface area (Å²) >= 11 is 7.90. The van der Waals surface area contributed by atoms with Gasteiger partial charge in [0, 0.05) is 15.7 Å². The highest BCUT2D eigenvalue weighted by Gasteiger charge is 2.18. The average Bonchev–Trinajstić information content (AvgIpc) is 2.17.